The second-order valence-electron chi connectivity index (χ2n) is 4.91. The number of benzene rings is 1. The molecular formula is C15H19NO5. The van der Waals surface area contributed by atoms with E-state index in [4.69, 9.17) is 4.74 Å². The minimum absolute atomic E-state index is 0.164. The SMILES string of the molecule is COC(=O)C(O)C1CCCN1C(=O)OCc1ccccc1. The van der Waals surface area contributed by atoms with Crippen molar-refractivity contribution in [3.05, 3.63) is 35.9 Å². The van der Waals surface area contributed by atoms with Gasteiger partial charge in [-0.1, -0.05) is 30.3 Å². The van der Waals surface area contributed by atoms with Crippen molar-refractivity contribution in [1.82, 2.24) is 4.90 Å². The summed E-state index contributed by atoms with van der Waals surface area (Å²) in [5, 5.41) is 9.90. The molecule has 1 saturated heterocycles. The highest BCUT2D eigenvalue weighted by Crippen LogP contribution is 2.22. The van der Waals surface area contributed by atoms with Gasteiger partial charge in [0.05, 0.1) is 13.2 Å². The molecule has 1 aromatic rings. The number of ether oxygens (including phenoxy) is 2. The summed E-state index contributed by atoms with van der Waals surface area (Å²) in [6.45, 7) is 0.629. The van der Waals surface area contributed by atoms with Crippen molar-refractivity contribution in [2.75, 3.05) is 13.7 Å². The zero-order chi connectivity index (χ0) is 15.2. The zero-order valence-electron chi connectivity index (χ0n) is 11.9. The standard InChI is InChI=1S/C15H19NO5/c1-20-14(18)13(17)12-8-5-9-16(12)15(19)21-10-11-6-3-2-4-7-11/h2-4,6-7,12-13,17H,5,8-10H2,1H3. The van der Waals surface area contributed by atoms with E-state index in [0.29, 0.717) is 13.0 Å². The summed E-state index contributed by atoms with van der Waals surface area (Å²) in [5.41, 5.74) is 0.884. The minimum atomic E-state index is -1.33. The van der Waals surface area contributed by atoms with Crippen molar-refractivity contribution in [3.8, 4) is 0 Å². The number of aliphatic hydroxyl groups is 1. The molecule has 0 spiro atoms. The van der Waals surface area contributed by atoms with Crippen molar-refractivity contribution in [2.45, 2.75) is 31.6 Å². The molecule has 1 amide bonds. The summed E-state index contributed by atoms with van der Waals surface area (Å²) in [5.74, 6) is -0.734. The van der Waals surface area contributed by atoms with Crippen LogP contribution in [0, 0.1) is 0 Å². The molecule has 0 aliphatic carbocycles. The van der Waals surface area contributed by atoms with Gasteiger partial charge in [-0.25, -0.2) is 9.59 Å². The van der Waals surface area contributed by atoms with E-state index in [1.165, 1.54) is 12.0 Å². The number of rotatable bonds is 4. The van der Waals surface area contributed by atoms with Crippen LogP contribution in [-0.2, 0) is 20.9 Å². The number of hydrogen-bond acceptors (Lipinski definition) is 5. The third kappa shape index (κ3) is 3.72. The first-order valence-electron chi connectivity index (χ1n) is 6.86. The molecule has 0 aromatic heterocycles. The molecule has 2 rings (SSSR count). The Morgan fingerprint density at radius 2 is 2.10 bits per heavy atom. The second kappa shape index (κ2) is 7.08. The van der Waals surface area contributed by atoms with Gasteiger partial charge >= 0.3 is 12.1 Å². The molecule has 114 valence electrons. The zero-order valence-corrected chi connectivity index (χ0v) is 11.9. The molecule has 0 radical (unpaired) electrons. The first kappa shape index (κ1) is 15.3. The molecular weight excluding hydrogens is 274 g/mol. The van der Waals surface area contributed by atoms with E-state index in [1.54, 1.807) is 0 Å². The van der Waals surface area contributed by atoms with Crippen molar-refractivity contribution >= 4 is 12.1 Å². The average molecular weight is 293 g/mol. The van der Waals surface area contributed by atoms with Crippen LogP contribution in [0.4, 0.5) is 4.79 Å². The summed E-state index contributed by atoms with van der Waals surface area (Å²) in [6.07, 6.45) is -0.582. The molecule has 0 saturated carbocycles. The maximum Gasteiger partial charge on any atom is 0.410 e. The fourth-order valence-electron chi connectivity index (χ4n) is 2.43. The van der Waals surface area contributed by atoms with Crippen LogP contribution in [0.3, 0.4) is 0 Å². The Bertz CT molecular complexity index is 490. The number of likely N-dealkylation sites (tertiary alicyclic amines) is 1. The van der Waals surface area contributed by atoms with Gasteiger partial charge in [0.1, 0.15) is 6.61 Å². The monoisotopic (exact) mass is 293 g/mol. The van der Waals surface area contributed by atoms with Gasteiger partial charge in [-0.15, -0.1) is 0 Å². The highest BCUT2D eigenvalue weighted by atomic mass is 16.6. The molecule has 6 nitrogen and oxygen atoms in total. The summed E-state index contributed by atoms with van der Waals surface area (Å²) in [4.78, 5) is 24.9. The fourth-order valence-corrected chi connectivity index (χ4v) is 2.43. The van der Waals surface area contributed by atoms with Crippen molar-refractivity contribution in [2.24, 2.45) is 0 Å². The molecule has 21 heavy (non-hydrogen) atoms. The van der Waals surface area contributed by atoms with Crippen LogP contribution in [0.25, 0.3) is 0 Å². The third-order valence-electron chi connectivity index (χ3n) is 3.55. The lowest BCUT2D eigenvalue weighted by Crippen LogP contribution is -2.46. The lowest BCUT2D eigenvalue weighted by atomic mass is 10.1. The van der Waals surface area contributed by atoms with Gasteiger partial charge in [0.2, 0.25) is 0 Å². The van der Waals surface area contributed by atoms with Gasteiger partial charge in [-0.3, -0.25) is 0 Å². The van der Waals surface area contributed by atoms with Crippen LogP contribution >= 0.6 is 0 Å². The molecule has 0 bridgehead atoms. The maximum atomic E-state index is 12.1. The number of carbonyl (C=O) groups is 2. The van der Waals surface area contributed by atoms with Gasteiger partial charge in [0, 0.05) is 6.54 Å². The molecule has 1 N–H and O–H groups in total. The Balaban J connectivity index is 1.93. The molecule has 1 aliphatic rings. The number of hydrogen-bond donors (Lipinski definition) is 1. The van der Waals surface area contributed by atoms with E-state index in [0.717, 1.165) is 12.0 Å². The number of nitrogens with zero attached hydrogens (tertiary/aromatic N) is 1. The maximum absolute atomic E-state index is 12.1. The third-order valence-corrected chi connectivity index (χ3v) is 3.55. The topological polar surface area (TPSA) is 76.1 Å². The summed E-state index contributed by atoms with van der Waals surface area (Å²) in [7, 11) is 1.21. The normalized spacial score (nSPS) is 19.1. The molecule has 1 aromatic carbocycles. The summed E-state index contributed by atoms with van der Waals surface area (Å²) in [6, 6.07) is 8.75. The van der Waals surface area contributed by atoms with E-state index >= 15 is 0 Å². The van der Waals surface area contributed by atoms with Crippen LogP contribution < -0.4 is 0 Å². The highest BCUT2D eigenvalue weighted by molar-refractivity contribution is 5.77. The van der Waals surface area contributed by atoms with E-state index in [-0.39, 0.29) is 6.61 Å². The van der Waals surface area contributed by atoms with E-state index in [1.807, 2.05) is 30.3 Å². The van der Waals surface area contributed by atoms with Crippen LogP contribution in [0.15, 0.2) is 30.3 Å². The first-order chi connectivity index (χ1) is 10.1. The molecule has 6 heteroatoms. The summed E-state index contributed by atoms with van der Waals surface area (Å²) >= 11 is 0. The smallest absolute Gasteiger partial charge is 0.410 e. The Morgan fingerprint density at radius 1 is 1.38 bits per heavy atom. The molecule has 1 fully saturated rings. The Kier molecular flexibility index (Phi) is 5.16. The van der Waals surface area contributed by atoms with Crippen LogP contribution in [0.5, 0.6) is 0 Å². The highest BCUT2D eigenvalue weighted by Gasteiger charge is 2.38. The summed E-state index contributed by atoms with van der Waals surface area (Å²) < 4.78 is 9.74. The van der Waals surface area contributed by atoms with Gasteiger partial charge in [-0.2, -0.15) is 0 Å². The van der Waals surface area contributed by atoms with E-state index in [9.17, 15) is 14.7 Å². The fraction of sp³-hybridized carbons (Fsp3) is 0.467. The molecule has 2 unspecified atom stereocenters. The average Bonchev–Trinajstić information content (AvgIpc) is 3.01. The van der Waals surface area contributed by atoms with Crippen molar-refractivity contribution < 1.29 is 24.2 Å². The van der Waals surface area contributed by atoms with E-state index in [2.05, 4.69) is 4.74 Å². The van der Waals surface area contributed by atoms with Crippen LogP contribution in [0.1, 0.15) is 18.4 Å². The first-order valence-corrected chi connectivity index (χ1v) is 6.86. The van der Waals surface area contributed by atoms with Gasteiger partial charge < -0.3 is 19.5 Å². The lowest BCUT2D eigenvalue weighted by molar-refractivity contribution is -0.153. The number of esters is 1. The number of amides is 1. The largest absolute Gasteiger partial charge is 0.467 e. The minimum Gasteiger partial charge on any atom is -0.467 e. The molecule has 1 aliphatic heterocycles. The molecule has 1 heterocycles. The Hall–Kier alpha value is -2.08. The molecule has 2 atom stereocenters. The van der Waals surface area contributed by atoms with Gasteiger partial charge in [0.15, 0.2) is 6.10 Å². The van der Waals surface area contributed by atoms with E-state index < -0.39 is 24.2 Å². The number of carbonyl (C=O) groups excluding carboxylic acids is 2. The quantitative estimate of drug-likeness (QED) is 0.847. The van der Waals surface area contributed by atoms with Crippen molar-refractivity contribution in [3.63, 3.8) is 0 Å². The number of methoxy groups -OCH3 is 1. The Labute approximate surface area is 123 Å². The van der Waals surface area contributed by atoms with Crippen LogP contribution in [-0.4, -0.2) is 47.9 Å². The van der Waals surface area contributed by atoms with Gasteiger partial charge in [0.25, 0.3) is 0 Å². The Morgan fingerprint density at radius 3 is 2.76 bits per heavy atom. The predicted octanol–water partition coefficient (Wildman–Crippen LogP) is 1.32. The van der Waals surface area contributed by atoms with Gasteiger partial charge in [-0.05, 0) is 18.4 Å². The second-order valence-corrected chi connectivity index (χ2v) is 4.91. The lowest BCUT2D eigenvalue weighted by Gasteiger charge is -2.26. The van der Waals surface area contributed by atoms with Crippen molar-refractivity contribution in [1.29, 1.82) is 0 Å². The van der Waals surface area contributed by atoms with Crippen LogP contribution in [0.2, 0.25) is 0 Å². The number of aliphatic hydroxyl groups excluding tert-OH is 1. The predicted molar refractivity (Wildman–Crippen MR) is 74.4 cm³/mol.